The average Bonchev–Trinajstić information content (AvgIpc) is 2.14. The molecule has 0 aromatic heterocycles. The van der Waals surface area contributed by atoms with Crippen molar-refractivity contribution in [2.75, 3.05) is 0 Å². The van der Waals surface area contributed by atoms with Gasteiger partial charge in [0.25, 0.3) is 0 Å². The van der Waals surface area contributed by atoms with Crippen molar-refractivity contribution in [2.45, 2.75) is 43.3 Å². The lowest BCUT2D eigenvalue weighted by Crippen LogP contribution is -2.62. The SMILES string of the molecule is C=CS(=O)(O)(O)C12CC3CC(CC(C3)C1)C2. The van der Waals surface area contributed by atoms with E-state index in [1.807, 2.05) is 0 Å². The van der Waals surface area contributed by atoms with E-state index in [4.69, 9.17) is 0 Å². The van der Waals surface area contributed by atoms with Gasteiger partial charge in [0, 0.05) is 5.41 Å². The van der Waals surface area contributed by atoms with E-state index < -0.39 is 14.4 Å². The normalized spacial score (nSPS) is 48.6. The second-order valence-electron chi connectivity index (χ2n) is 6.19. The molecule has 4 rings (SSSR count). The van der Waals surface area contributed by atoms with Crippen molar-refractivity contribution < 1.29 is 13.3 Å². The molecule has 2 N–H and O–H groups in total. The summed E-state index contributed by atoms with van der Waals surface area (Å²) in [6.07, 6.45) is 5.72. The summed E-state index contributed by atoms with van der Waals surface area (Å²) in [5, 5.41) is 0.921. The Morgan fingerprint density at radius 2 is 1.44 bits per heavy atom. The maximum Gasteiger partial charge on any atom is 0.107 e. The second kappa shape index (κ2) is 2.79. The summed E-state index contributed by atoms with van der Waals surface area (Å²) < 4.78 is 31.9. The monoisotopic (exact) mass is 244 g/mol. The van der Waals surface area contributed by atoms with Crippen LogP contribution >= 0.6 is 0 Å². The van der Waals surface area contributed by atoms with E-state index in [-0.39, 0.29) is 0 Å². The largest absolute Gasteiger partial charge is 0.304 e. The molecule has 3 nitrogen and oxygen atoms in total. The van der Waals surface area contributed by atoms with E-state index in [1.165, 1.54) is 19.3 Å². The minimum Gasteiger partial charge on any atom is -0.304 e. The minimum atomic E-state index is -4.62. The van der Waals surface area contributed by atoms with E-state index in [9.17, 15) is 13.3 Å². The third-order valence-corrected chi connectivity index (χ3v) is 7.83. The van der Waals surface area contributed by atoms with Crippen LogP contribution in [-0.2, 0) is 9.63 Å². The summed E-state index contributed by atoms with van der Waals surface area (Å²) in [5.74, 6) is 1.65. The second-order valence-corrected chi connectivity index (χ2v) is 9.23. The van der Waals surface area contributed by atoms with Gasteiger partial charge < -0.3 is 9.11 Å². The van der Waals surface area contributed by atoms with E-state index in [2.05, 4.69) is 6.58 Å². The Morgan fingerprint density at radius 1 is 1.06 bits per heavy atom. The first-order valence-corrected chi connectivity index (χ1v) is 8.06. The van der Waals surface area contributed by atoms with Crippen molar-refractivity contribution in [1.29, 1.82) is 0 Å². The highest BCUT2D eigenvalue weighted by Crippen LogP contribution is 2.62. The van der Waals surface area contributed by atoms with Crippen LogP contribution in [0.4, 0.5) is 0 Å². The van der Waals surface area contributed by atoms with Crippen molar-refractivity contribution >= 4 is 9.63 Å². The van der Waals surface area contributed by atoms with Crippen LogP contribution in [-0.4, -0.2) is 18.1 Å². The Labute approximate surface area is 96.4 Å². The van der Waals surface area contributed by atoms with E-state index in [0.717, 1.165) is 5.41 Å². The molecule has 4 fully saturated rings. The molecule has 4 aliphatic carbocycles. The highest BCUT2D eigenvalue weighted by Gasteiger charge is 2.61. The predicted molar refractivity (Wildman–Crippen MR) is 64.5 cm³/mol. The molecule has 0 aromatic rings. The maximum absolute atomic E-state index is 12.4. The van der Waals surface area contributed by atoms with Crippen molar-refractivity contribution in [3.05, 3.63) is 12.0 Å². The van der Waals surface area contributed by atoms with Gasteiger partial charge in [0.1, 0.15) is 9.63 Å². The fourth-order valence-corrected chi connectivity index (χ4v) is 6.68. The molecule has 0 saturated heterocycles. The molecule has 0 atom stereocenters. The molecule has 4 bridgehead atoms. The summed E-state index contributed by atoms with van der Waals surface area (Å²) in [7, 11) is -4.62. The lowest BCUT2D eigenvalue weighted by molar-refractivity contribution is 0.0248. The smallest absolute Gasteiger partial charge is 0.107 e. The highest BCUT2D eigenvalue weighted by atomic mass is 32.3. The zero-order valence-corrected chi connectivity index (χ0v) is 10.3. The van der Waals surface area contributed by atoms with E-state index >= 15 is 0 Å². The van der Waals surface area contributed by atoms with Gasteiger partial charge in [0.05, 0.1) is 4.75 Å². The van der Waals surface area contributed by atoms with Gasteiger partial charge in [0.15, 0.2) is 0 Å². The fourth-order valence-electron chi connectivity index (χ4n) is 4.68. The van der Waals surface area contributed by atoms with Gasteiger partial charge >= 0.3 is 0 Å². The molecular formula is C12H20O3S. The maximum atomic E-state index is 12.4. The van der Waals surface area contributed by atoms with E-state index in [1.54, 1.807) is 0 Å². The lowest BCUT2D eigenvalue weighted by Gasteiger charge is -2.61. The van der Waals surface area contributed by atoms with Gasteiger partial charge in [-0.1, -0.05) is 6.58 Å². The van der Waals surface area contributed by atoms with Crippen molar-refractivity contribution in [3.8, 4) is 0 Å². The minimum absolute atomic E-state index is 0.551. The standard InChI is InChI=1S/C12H20O3S/c1-2-16(13,14,15)12-6-9-3-10(7-12)5-11(4-9)8-12/h2,9-11H,1,3-8H2,(H2,13,14,15). The van der Waals surface area contributed by atoms with Crippen LogP contribution < -0.4 is 0 Å². The Morgan fingerprint density at radius 3 is 1.75 bits per heavy atom. The van der Waals surface area contributed by atoms with Crippen LogP contribution in [0.25, 0.3) is 0 Å². The van der Waals surface area contributed by atoms with Crippen LogP contribution in [0.2, 0.25) is 0 Å². The van der Waals surface area contributed by atoms with Crippen LogP contribution in [0, 0.1) is 17.8 Å². The van der Waals surface area contributed by atoms with Crippen LogP contribution in [0.15, 0.2) is 12.0 Å². The third kappa shape index (κ3) is 1.24. The molecule has 4 saturated carbocycles. The summed E-state index contributed by atoms with van der Waals surface area (Å²) >= 11 is 0. The van der Waals surface area contributed by atoms with Gasteiger partial charge in [-0.2, -0.15) is 0 Å². The van der Waals surface area contributed by atoms with Gasteiger partial charge in [0.2, 0.25) is 0 Å². The van der Waals surface area contributed by atoms with Crippen molar-refractivity contribution in [1.82, 2.24) is 0 Å². The fraction of sp³-hybridized carbons (Fsp3) is 0.833. The van der Waals surface area contributed by atoms with Gasteiger partial charge in [-0.05, 0) is 56.3 Å². The average molecular weight is 244 g/mol. The van der Waals surface area contributed by atoms with Gasteiger partial charge in [-0.25, -0.2) is 4.21 Å². The zero-order valence-electron chi connectivity index (χ0n) is 9.47. The summed E-state index contributed by atoms with van der Waals surface area (Å²) in [5.41, 5.74) is 0. The Balaban J connectivity index is 2.07. The van der Waals surface area contributed by atoms with Crippen LogP contribution in [0.1, 0.15) is 38.5 Å². The first kappa shape index (κ1) is 10.9. The van der Waals surface area contributed by atoms with E-state index in [0.29, 0.717) is 37.0 Å². The van der Waals surface area contributed by atoms with Crippen LogP contribution in [0.5, 0.6) is 0 Å². The molecule has 0 aromatic carbocycles. The molecule has 0 spiro atoms. The molecule has 92 valence electrons. The molecule has 0 amide bonds. The molecule has 0 heterocycles. The Bertz CT molecular complexity index is 371. The number of rotatable bonds is 2. The Hall–Kier alpha value is -0.190. The highest BCUT2D eigenvalue weighted by molar-refractivity contribution is 8.14. The third-order valence-electron chi connectivity index (χ3n) is 5.10. The zero-order chi connectivity index (χ0) is 11.6. The van der Waals surface area contributed by atoms with Gasteiger partial charge in [-0.3, -0.25) is 0 Å². The lowest BCUT2D eigenvalue weighted by atomic mass is 9.56. The topological polar surface area (TPSA) is 57.5 Å². The summed E-state index contributed by atoms with van der Waals surface area (Å²) in [6, 6.07) is 0. The molecule has 0 unspecified atom stereocenters. The molecular weight excluding hydrogens is 224 g/mol. The van der Waals surface area contributed by atoms with Gasteiger partial charge in [-0.15, -0.1) is 0 Å². The first-order valence-electron chi connectivity index (χ1n) is 6.11. The molecule has 4 aliphatic rings. The molecule has 0 aliphatic heterocycles. The van der Waals surface area contributed by atoms with Crippen molar-refractivity contribution in [2.24, 2.45) is 17.8 Å². The predicted octanol–water partition coefficient (Wildman–Crippen LogP) is 2.86. The summed E-state index contributed by atoms with van der Waals surface area (Å²) in [6.45, 7) is 3.40. The first-order chi connectivity index (χ1) is 7.32. The summed E-state index contributed by atoms with van der Waals surface area (Å²) in [4.78, 5) is 0. The van der Waals surface area contributed by atoms with Crippen LogP contribution in [0.3, 0.4) is 0 Å². The molecule has 16 heavy (non-hydrogen) atoms. The molecule has 4 heteroatoms. The number of hydrogen-bond acceptors (Lipinski definition) is 1. The van der Waals surface area contributed by atoms with Crippen molar-refractivity contribution in [3.63, 3.8) is 0 Å². The quantitative estimate of drug-likeness (QED) is 0.785. The molecule has 0 radical (unpaired) electrons. The number of hydrogen-bond donors (Lipinski definition) is 2. The Kier molecular flexibility index (Phi) is 1.91.